The molecule has 3 aromatic heterocycles. The Morgan fingerprint density at radius 3 is 1.24 bits per heavy atom. The molecular formula is C68H50Cl3N11O3. The van der Waals surface area contributed by atoms with Gasteiger partial charge in [-0.05, 0) is 201 Å². The molecule has 0 radical (unpaired) electrons. The van der Waals surface area contributed by atoms with E-state index in [9.17, 15) is 10.2 Å². The maximum atomic E-state index is 10.3. The van der Waals surface area contributed by atoms with Crippen molar-refractivity contribution in [1.82, 2.24) is 15.0 Å². The molecule has 0 bridgehead atoms. The number of anilines is 3. The minimum atomic E-state index is 0.387. The van der Waals surface area contributed by atoms with Crippen molar-refractivity contribution in [3.8, 4) is 53.3 Å². The Hall–Kier alpha value is -10.9. The standard InChI is InChI=1S/C25H18N4O.C18H13ClN2O.C9H5Cl2N.C9H8N2O.C7H6N2/c1-16-11-19(15-27)12-17(2)25(16)30-23-13-24(29-22-6-4-3-5-21(22)23)28-20-9-7-18(14-26)8-10-20;1-11-7-13(10-20)8-12(2)18(11)22-16-9-17(19)21-15-6-4-3-5-14(15)16;10-7-5-9(11)12-8-4-2-1-3-6(7)8;1-6-3-8(5-10)4-7(2)9(6)11-12;8-5-6-1-3-7(9)4-2-6/h3-13H,1-2H3,(H,28,29);3-9H,1-2H3;1-5H;3-4H,1-2H3;1-4H,9H2. The summed E-state index contributed by atoms with van der Waals surface area (Å²) < 4.78 is 12.4. The third kappa shape index (κ3) is 16.4. The Morgan fingerprint density at radius 1 is 0.435 bits per heavy atom. The molecule has 0 saturated carbocycles. The van der Waals surface area contributed by atoms with E-state index in [4.69, 9.17) is 71.1 Å². The van der Waals surface area contributed by atoms with Crippen molar-refractivity contribution in [3.63, 3.8) is 0 Å². The molecule has 0 aliphatic heterocycles. The summed E-state index contributed by atoms with van der Waals surface area (Å²) in [5.74, 6) is 3.44. The summed E-state index contributed by atoms with van der Waals surface area (Å²) in [4.78, 5) is 23.4. The average Bonchev–Trinajstić information content (AvgIpc) is 3.02. The maximum absolute atomic E-state index is 10.3. The van der Waals surface area contributed by atoms with Crippen LogP contribution in [0.1, 0.15) is 61.2 Å². The summed E-state index contributed by atoms with van der Waals surface area (Å²) in [5.41, 5.74) is 17.9. The number of nitriles is 5. The van der Waals surface area contributed by atoms with Crippen LogP contribution in [-0.4, -0.2) is 15.0 Å². The second-order valence-corrected chi connectivity index (χ2v) is 20.1. The Balaban J connectivity index is 0.000000164. The lowest BCUT2D eigenvalue weighted by molar-refractivity contribution is 0.480. The summed E-state index contributed by atoms with van der Waals surface area (Å²) in [6.07, 6.45) is 0. The molecule has 85 heavy (non-hydrogen) atoms. The van der Waals surface area contributed by atoms with Gasteiger partial charge < -0.3 is 20.5 Å². The Bertz CT molecular complexity index is 4430. The van der Waals surface area contributed by atoms with Gasteiger partial charge in [0.25, 0.3) is 0 Å². The monoisotopic (exact) mass is 1170 g/mol. The summed E-state index contributed by atoms with van der Waals surface area (Å²) in [6.45, 7) is 11.3. The van der Waals surface area contributed by atoms with Crippen molar-refractivity contribution >= 4 is 90.4 Å². The van der Waals surface area contributed by atoms with Crippen molar-refractivity contribution in [2.75, 3.05) is 11.1 Å². The van der Waals surface area contributed by atoms with E-state index in [2.05, 4.69) is 43.7 Å². The fourth-order valence-corrected chi connectivity index (χ4v) is 9.37. The van der Waals surface area contributed by atoms with Crippen LogP contribution in [0.25, 0.3) is 32.7 Å². The molecule has 0 spiro atoms. The molecule has 11 rings (SSSR count). The second-order valence-electron chi connectivity index (χ2n) is 18.9. The highest BCUT2D eigenvalue weighted by Gasteiger charge is 2.15. The zero-order valence-corrected chi connectivity index (χ0v) is 49.0. The minimum absolute atomic E-state index is 0.387. The second kappa shape index (κ2) is 29.2. The lowest BCUT2D eigenvalue weighted by atomic mass is 10.1. The Labute approximate surface area is 506 Å². The molecule has 3 heterocycles. The van der Waals surface area contributed by atoms with E-state index in [-0.39, 0.29) is 0 Å². The number of pyridine rings is 3. The van der Waals surface area contributed by atoms with Gasteiger partial charge in [0.1, 0.15) is 44.8 Å². The van der Waals surface area contributed by atoms with Gasteiger partial charge >= 0.3 is 0 Å². The van der Waals surface area contributed by atoms with Gasteiger partial charge in [-0.15, -0.1) is 4.91 Å². The van der Waals surface area contributed by atoms with Crippen molar-refractivity contribution in [3.05, 3.63) is 257 Å². The van der Waals surface area contributed by atoms with Gasteiger partial charge in [-0.1, -0.05) is 77.3 Å². The van der Waals surface area contributed by atoms with E-state index in [0.29, 0.717) is 71.8 Å². The number of benzene rings is 8. The molecule has 0 atom stereocenters. The van der Waals surface area contributed by atoms with E-state index < -0.39 is 0 Å². The number of halogens is 3. The topological polar surface area (TPSA) is 244 Å². The number of aromatic nitrogens is 3. The number of rotatable bonds is 7. The lowest BCUT2D eigenvalue weighted by Crippen LogP contribution is -1.98. The first kappa shape index (κ1) is 61.7. The van der Waals surface area contributed by atoms with Crippen molar-refractivity contribution in [2.24, 2.45) is 5.18 Å². The molecule has 8 aromatic carbocycles. The van der Waals surface area contributed by atoms with Crippen molar-refractivity contribution < 1.29 is 9.47 Å². The largest absolute Gasteiger partial charge is 0.456 e. The number of nitrogens with one attached hydrogen (secondary N) is 1. The molecule has 11 aromatic rings. The van der Waals surface area contributed by atoms with Gasteiger partial charge in [-0.2, -0.15) is 26.3 Å². The number of nitrogens with zero attached hydrogens (tertiary/aromatic N) is 9. The summed E-state index contributed by atoms with van der Waals surface area (Å²) in [6, 6.07) is 63.3. The molecule has 0 aliphatic carbocycles. The van der Waals surface area contributed by atoms with Gasteiger partial charge in [-0.3, -0.25) is 0 Å². The first-order chi connectivity index (χ1) is 40.9. The predicted octanol–water partition coefficient (Wildman–Crippen LogP) is 18.6. The van der Waals surface area contributed by atoms with Gasteiger partial charge in [0, 0.05) is 39.7 Å². The number of nitroso groups, excluding NO2 is 1. The van der Waals surface area contributed by atoms with Gasteiger partial charge in [0.2, 0.25) is 0 Å². The molecule has 416 valence electrons. The molecule has 0 unspecified atom stereocenters. The number of nitrogen functional groups attached to an aromatic ring is 1. The number of aryl methyl sites for hydroxylation is 6. The maximum Gasteiger partial charge on any atom is 0.140 e. The van der Waals surface area contributed by atoms with Crippen molar-refractivity contribution in [1.29, 1.82) is 26.3 Å². The predicted molar refractivity (Wildman–Crippen MR) is 338 cm³/mol. The molecule has 3 N–H and O–H groups in total. The van der Waals surface area contributed by atoms with E-state index in [1.165, 1.54) is 0 Å². The first-order valence-electron chi connectivity index (χ1n) is 25.9. The highest BCUT2D eigenvalue weighted by atomic mass is 35.5. The number of para-hydroxylation sites is 3. The van der Waals surface area contributed by atoms with Crippen LogP contribution in [0.15, 0.2) is 181 Å². The average molecular weight is 1180 g/mol. The van der Waals surface area contributed by atoms with Crippen LogP contribution in [0.3, 0.4) is 0 Å². The SMILES string of the molecule is Cc1cc(C#N)cc(C)c1N=O.Cc1cc(C#N)cc(C)c1Oc1cc(Cl)nc2ccccc12.Cc1cc(C#N)cc(C)c1Oc1cc(Nc2ccc(C#N)cc2)nc2ccccc12.Clc1cc(Cl)c2ccccc2n1.N#Cc1ccc(N)cc1. The molecule has 0 saturated heterocycles. The first-order valence-corrected chi connectivity index (χ1v) is 27.0. The van der Waals surface area contributed by atoms with Crippen LogP contribution in [0.4, 0.5) is 22.9 Å². The molecule has 14 nitrogen and oxygen atoms in total. The molecular weight excluding hydrogens is 1130 g/mol. The summed E-state index contributed by atoms with van der Waals surface area (Å²) in [7, 11) is 0. The minimum Gasteiger partial charge on any atom is -0.456 e. The lowest BCUT2D eigenvalue weighted by Gasteiger charge is -2.15. The highest BCUT2D eigenvalue weighted by molar-refractivity contribution is 6.37. The van der Waals surface area contributed by atoms with Gasteiger partial charge in [0.05, 0.1) is 79.7 Å². The fraction of sp³-hybridized carbons (Fsp3) is 0.0882. The molecule has 0 amide bonds. The van der Waals surface area contributed by atoms with Crippen LogP contribution in [0.5, 0.6) is 23.0 Å². The van der Waals surface area contributed by atoms with Crippen LogP contribution in [-0.2, 0) is 0 Å². The number of fused-ring (bicyclic) bond motifs is 3. The third-order valence-corrected chi connectivity index (χ3v) is 13.3. The van der Waals surface area contributed by atoms with Crippen LogP contribution < -0.4 is 20.5 Å². The molecule has 17 heteroatoms. The highest BCUT2D eigenvalue weighted by Crippen LogP contribution is 2.38. The van der Waals surface area contributed by atoms with E-state index in [1.54, 1.807) is 74.5 Å². The zero-order chi connectivity index (χ0) is 61.2. The quantitative estimate of drug-likeness (QED) is 0.0858. The number of hydrogen-bond donors (Lipinski definition) is 2. The Kier molecular flexibility index (Phi) is 21.2. The number of ether oxygens (including phenoxy) is 2. The van der Waals surface area contributed by atoms with Crippen molar-refractivity contribution in [2.45, 2.75) is 41.5 Å². The normalized spacial score (nSPS) is 9.98. The van der Waals surface area contributed by atoms with E-state index >= 15 is 0 Å². The van der Waals surface area contributed by atoms with E-state index in [1.807, 2.05) is 155 Å². The smallest absolute Gasteiger partial charge is 0.140 e. The van der Waals surface area contributed by atoms with Crippen LogP contribution >= 0.6 is 34.8 Å². The number of hydrogen-bond acceptors (Lipinski definition) is 14. The summed E-state index contributed by atoms with van der Waals surface area (Å²) in [5, 5.41) is 54.5. The summed E-state index contributed by atoms with van der Waals surface area (Å²) >= 11 is 17.7. The van der Waals surface area contributed by atoms with E-state index in [0.717, 1.165) is 83.3 Å². The van der Waals surface area contributed by atoms with Crippen LogP contribution in [0.2, 0.25) is 15.3 Å². The van der Waals surface area contributed by atoms with Crippen LogP contribution in [0, 0.1) is 103 Å². The fourth-order valence-electron chi connectivity index (χ4n) is 8.66. The number of nitrogens with two attached hydrogens (primary N) is 1. The van der Waals surface area contributed by atoms with Gasteiger partial charge in [0.15, 0.2) is 0 Å². The Morgan fingerprint density at radius 2 is 0.800 bits per heavy atom. The zero-order valence-electron chi connectivity index (χ0n) is 46.7. The third-order valence-electron chi connectivity index (χ3n) is 12.6. The molecule has 0 fully saturated rings. The van der Waals surface area contributed by atoms with Gasteiger partial charge in [-0.25, -0.2) is 15.0 Å². The molecule has 0 aliphatic rings.